The fourth-order valence-corrected chi connectivity index (χ4v) is 3.67. The number of halogens is 1. The molecule has 0 radical (unpaired) electrons. The SMILES string of the molecule is CC[C@@H](Oc1ccc(Cl)c(Cn2c(C)c(C)c3cc(C(=O)O)ccc32)c1)C(=O)OC. The third-order valence-corrected chi connectivity index (χ3v) is 5.71. The van der Waals surface area contributed by atoms with Crippen LogP contribution < -0.4 is 4.74 Å². The second-order valence-electron chi connectivity index (χ2n) is 7.12. The number of aryl methyl sites for hydroxylation is 1. The summed E-state index contributed by atoms with van der Waals surface area (Å²) in [7, 11) is 1.33. The van der Waals surface area contributed by atoms with Crippen molar-refractivity contribution in [3.05, 3.63) is 63.8 Å². The standard InChI is InChI=1S/C23H24ClNO5/c1-5-21(23(28)29-4)30-17-7-8-19(24)16(10-17)12-25-14(3)13(2)18-11-15(22(26)27)6-9-20(18)25/h6-11,21H,5,12H2,1-4H3,(H,26,27)/t21-/m1/s1. The molecule has 0 fully saturated rings. The predicted octanol–water partition coefficient (Wildman–Crippen LogP) is 4.99. The van der Waals surface area contributed by atoms with E-state index < -0.39 is 18.0 Å². The second kappa shape index (κ2) is 8.79. The Morgan fingerprint density at radius 3 is 2.53 bits per heavy atom. The van der Waals surface area contributed by atoms with Gasteiger partial charge in [0.2, 0.25) is 0 Å². The molecule has 0 saturated carbocycles. The molecule has 2 aromatic carbocycles. The van der Waals surface area contributed by atoms with Gasteiger partial charge in [0, 0.05) is 28.2 Å². The van der Waals surface area contributed by atoms with Crippen LogP contribution in [0.1, 0.15) is 40.5 Å². The van der Waals surface area contributed by atoms with Gasteiger partial charge in [-0.25, -0.2) is 9.59 Å². The number of aromatic nitrogens is 1. The van der Waals surface area contributed by atoms with E-state index in [4.69, 9.17) is 21.1 Å². The number of carboxylic acids is 1. The Balaban J connectivity index is 1.98. The third-order valence-electron chi connectivity index (χ3n) is 5.34. The number of methoxy groups -OCH3 is 1. The fourth-order valence-electron chi connectivity index (χ4n) is 3.50. The van der Waals surface area contributed by atoms with Crippen LogP contribution in [-0.4, -0.2) is 34.8 Å². The van der Waals surface area contributed by atoms with Crippen LogP contribution in [0.3, 0.4) is 0 Å². The largest absolute Gasteiger partial charge is 0.479 e. The smallest absolute Gasteiger partial charge is 0.347 e. The topological polar surface area (TPSA) is 77.8 Å². The van der Waals surface area contributed by atoms with Gasteiger partial charge in [0.1, 0.15) is 5.75 Å². The maximum Gasteiger partial charge on any atom is 0.347 e. The summed E-state index contributed by atoms with van der Waals surface area (Å²) in [5, 5.41) is 10.8. The molecule has 1 heterocycles. The number of hydrogen-bond acceptors (Lipinski definition) is 4. The molecular formula is C23H24ClNO5. The summed E-state index contributed by atoms with van der Waals surface area (Å²) < 4.78 is 12.7. The normalized spacial score (nSPS) is 12.0. The molecule has 0 saturated heterocycles. The Morgan fingerprint density at radius 2 is 1.90 bits per heavy atom. The van der Waals surface area contributed by atoms with Crippen molar-refractivity contribution >= 4 is 34.4 Å². The number of ether oxygens (including phenoxy) is 2. The Morgan fingerprint density at radius 1 is 1.17 bits per heavy atom. The quantitative estimate of drug-likeness (QED) is 0.535. The number of aromatic carboxylic acids is 1. The molecule has 0 aliphatic rings. The summed E-state index contributed by atoms with van der Waals surface area (Å²) in [5.74, 6) is -0.845. The lowest BCUT2D eigenvalue weighted by Crippen LogP contribution is -2.27. The van der Waals surface area contributed by atoms with E-state index in [0.29, 0.717) is 23.7 Å². The minimum atomic E-state index is -0.953. The van der Waals surface area contributed by atoms with Crippen molar-refractivity contribution < 1.29 is 24.2 Å². The molecule has 3 aromatic rings. The van der Waals surface area contributed by atoms with E-state index in [1.54, 1.807) is 24.3 Å². The van der Waals surface area contributed by atoms with Gasteiger partial charge in [-0.15, -0.1) is 0 Å². The van der Waals surface area contributed by atoms with E-state index in [2.05, 4.69) is 4.57 Å². The zero-order valence-electron chi connectivity index (χ0n) is 17.4. The molecule has 1 aromatic heterocycles. The van der Waals surface area contributed by atoms with Crippen molar-refractivity contribution in [1.82, 2.24) is 4.57 Å². The summed E-state index contributed by atoms with van der Waals surface area (Å²) in [6, 6.07) is 10.4. The minimum absolute atomic E-state index is 0.254. The molecule has 1 N–H and O–H groups in total. The lowest BCUT2D eigenvalue weighted by molar-refractivity contribution is -0.148. The molecule has 0 spiro atoms. The van der Waals surface area contributed by atoms with E-state index in [-0.39, 0.29) is 5.56 Å². The highest BCUT2D eigenvalue weighted by Gasteiger charge is 2.20. The highest BCUT2D eigenvalue weighted by Crippen LogP contribution is 2.30. The Kier molecular flexibility index (Phi) is 6.37. The van der Waals surface area contributed by atoms with Gasteiger partial charge in [-0.05, 0) is 67.8 Å². The summed E-state index contributed by atoms with van der Waals surface area (Å²) in [4.78, 5) is 23.2. The number of rotatable bonds is 7. The zero-order chi connectivity index (χ0) is 22.0. The van der Waals surface area contributed by atoms with Gasteiger partial charge < -0.3 is 19.1 Å². The maximum absolute atomic E-state index is 11.8. The fraction of sp³-hybridized carbons (Fsp3) is 0.304. The number of nitrogens with zero attached hydrogens (tertiary/aromatic N) is 1. The average Bonchev–Trinajstić information content (AvgIpc) is 2.97. The molecule has 0 amide bonds. The van der Waals surface area contributed by atoms with Crippen molar-refractivity contribution in [2.24, 2.45) is 0 Å². The van der Waals surface area contributed by atoms with Crippen LogP contribution in [0.15, 0.2) is 36.4 Å². The molecule has 0 unspecified atom stereocenters. The molecule has 0 bridgehead atoms. The van der Waals surface area contributed by atoms with E-state index in [0.717, 1.165) is 27.7 Å². The summed E-state index contributed by atoms with van der Waals surface area (Å²) in [5.41, 5.74) is 4.06. The van der Waals surface area contributed by atoms with E-state index in [1.807, 2.05) is 32.9 Å². The summed E-state index contributed by atoms with van der Waals surface area (Å²) >= 11 is 6.45. The van der Waals surface area contributed by atoms with Crippen LogP contribution in [0.25, 0.3) is 10.9 Å². The minimum Gasteiger partial charge on any atom is -0.479 e. The third kappa shape index (κ3) is 4.14. The molecule has 0 aliphatic carbocycles. The number of benzene rings is 2. The maximum atomic E-state index is 11.8. The van der Waals surface area contributed by atoms with Crippen molar-refractivity contribution in [3.8, 4) is 5.75 Å². The van der Waals surface area contributed by atoms with E-state index >= 15 is 0 Å². The van der Waals surface area contributed by atoms with Crippen LogP contribution >= 0.6 is 11.6 Å². The number of carboxylic acid groups (broad SMARTS) is 1. The lowest BCUT2D eigenvalue weighted by atomic mass is 10.1. The average molecular weight is 430 g/mol. The van der Waals surface area contributed by atoms with Gasteiger partial charge >= 0.3 is 11.9 Å². The van der Waals surface area contributed by atoms with Crippen LogP contribution in [0.4, 0.5) is 0 Å². The van der Waals surface area contributed by atoms with Crippen molar-refractivity contribution in [2.45, 2.75) is 39.8 Å². The van der Waals surface area contributed by atoms with Crippen molar-refractivity contribution in [3.63, 3.8) is 0 Å². The lowest BCUT2D eigenvalue weighted by Gasteiger charge is -2.17. The van der Waals surface area contributed by atoms with Crippen molar-refractivity contribution in [1.29, 1.82) is 0 Å². The predicted molar refractivity (Wildman–Crippen MR) is 116 cm³/mol. The Labute approximate surface area is 180 Å². The van der Waals surface area contributed by atoms with E-state index in [1.165, 1.54) is 7.11 Å². The molecule has 158 valence electrons. The molecule has 30 heavy (non-hydrogen) atoms. The van der Waals surface area contributed by atoms with Crippen LogP contribution in [0.2, 0.25) is 5.02 Å². The molecule has 0 aliphatic heterocycles. The Hall–Kier alpha value is -2.99. The van der Waals surface area contributed by atoms with Gasteiger partial charge in [0.15, 0.2) is 6.10 Å². The summed E-state index contributed by atoms with van der Waals surface area (Å²) in [6.07, 6.45) is -0.202. The summed E-state index contributed by atoms with van der Waals surface area (Å²) in [6.45, 7) is 6.30. The molecule has 7 heteroatoms. The van der Waals surface area contributed by atoms with Crippen LogP contribution in [0, 0.1) is 13.8 Å². The highest BCUT2D eigenvalue weighted by molar-refractivity contribution is 6.31. The molecule has 1 atom stereocenters. The van der Waals surface area contributed by atoms with Crippen LogP contribution in [-0.2, 0) is 16.1 Å². The first kappa shape index (κ1) is 21.7. The Bertz CT molecular complexity index is 1120. The first-order valence-electron chi connectivity index (χ1n) is 9.62. The van der Waals surface area contributed by atoms with E-state index in [9.17, 15) is 14.7 Å². The second-order valence-corrected chi connectivity index (χ2v) is 7.53. The van der Waals surface area contributed by atoms with Crippen LogP contribution in [0.5, 0.6) is 5.75 Å². The van der Waals surface area contributed by atoms with Gasteiger partial charge in [-0.1, -0.05) is 18.5 Å². The molecule has 3 rings (SSSR count). The number of fused-ring (bicyclic) bond motifs is 1. The highest BCUT2D eigenvalue weighted by atomic mass is 35.5. The molecule has 6 nitrogen and oxygen atoms in total. The van der Waals surface area contributed by atoms with Gasteiger partial charge in [-0.2, -0.15) is 0 Å². The molecular weight excluding hydrogens is 406 g/mol. The monoisotopic (exact) mass is 429 g/mol. The number of hydrogen-bond donors (Lipinski definition) is 1. The first-order chi connectivity index (χ1) is 14.3. The number of carbonyl (C=O) groups is 2. The zero-order valence-corrected chi connectivity index (χ0v) is 18.1. The van der Waals surface area contributed by atoms with Gasteiger partial charge in [-0.3, -0.25) is 0 Å². The number of carbonyl (C=O) groups excluding carboxylic acids is 1. The van der Waals surface area contributed by atoms with Crippen molar-refractivity contribution in [2.75, 3.05) is 7.11 Å². The van der Waals surface area contributed by atoms with Gasteiger partial charge in [0.25, 0.3) is 0 Å². The number of esters is 1. The van der Waals surface area contributed by atoms with Gasteiger partial charge in [0.05, 0.1) is 12.7 Å². The first-order valence-corrected chi connectivity index (χ1v) is 10.00.